The Labute approximate surface area is 125 Å². The van der Waals surface area contributed by atoms with Crippen molar-refractivity contribution in [3.05, 3.63) is 0 Å². The Bertz CT molecular complexity index is 289. The molecular weight excluding hydrogens is 248 g/mol. The Kier molecular flexibility index (Phi) is 5.88. The molecule has 0 aromatic rings. The molecule has 0 spiro atoms. The van der Waals surface area contributed by atoms with E-state index >= 15 is 0 Å². The standard InChI is InChI=1S/C17H34N2O/c1-5-10-19-11-8-14(9-12-19)18-15-13-16(20-7-3)17(15,4)6-2/h14-16,18H,5-13H2,1-4H3. The maximum Gasteiger partial charge on any atom is 0.0658 e. The fourth-order valence-corrected chi connectivity index (χ4v) is 3.93. The van der Waals surface area contributed by atoms with Gasteiger partial charge in [-0.05, 0) is 58.7 Å². The summed E-state index contributed by atoms with van der Waals surface area (Å²) in [6, 6.07) is 1.38. The summed E-state index contributed by atoms with van der Waals surface area (Å²) in [6.45, 7) is 13.8. The first-order valence-electron chi connectivity index (χ1n) is 8.74. The summed E-state index contributed by atoms with van der Waals surface area (Å²) < 4.78 is 5.90. The molecule has 3 unspecified atom stereocenters. The fourth-order valence-electron chi connectivity index (χ4n) is 3.93. The van der Waals surface area contributed by atoms with Crippen LogP contribution in [0.4, 0.5) is 0 Å². The minimum absolute atomic E-state index is 0.344. The fraction of sp³-hybridized carbons (Fsp3) is 1.00. The van der Waals surface area contributed by atoms with Crippen LogP contribution in [0.15, 0.2) is 0 Å². The minimum atomic E-state index is 0.344. The molecule has 0 aromatic heterocycles. The summed E-state index contributed by atoms with van der Waals surface area (Å²) in [4.78, 5) is 2.61. The molecule has 118 valence electrons. The van der Waals surface area contributed by atoms with Crippen molar-refractivity contribution in [1.82, 2.24) is 10.2 Å². The first-order chi connectivity index (χ1) is 9.63. The molecule has 0 radical (unpaired) electrons. The van der Waals surface area contributed by atoms with E-state index in [2.05, 4.69) is 37.9 Å². The predicted molar refractivity (Wildman–Crippen MR) is 85.1 cm³/mol. The number of hydrogen-bond acceptors (Lipinski definition) is 3. The van der Waals surface area contributed by atoms with Crippen molar-refractivity contribution in [3.8, 4) is 0 Å². The van der Waals surface area contributed by atoms with E-state index in [-0.39, 0.29) is 0 Å². The average molecular weight is 282 g/mol. The lowest BCUT2D eigenvalue weighted by molar-refractivity contribution is -0.129. The van der Waals surface area contributed by atoms with Gasteiger partial charge in [-0.15, -0.1) is 0 Å². The highest BCUT2D eigenvalue weighted by molar-refractivity contribution is 5.05. The summed E-state index contributed by atoms with van der Waals surface area (Å²) in [6.07, 6.45) is 6.79. The second-order valence-electron chi connectivity index (χ2n) is 6.87. The zero-order valence-electron chi connectivity index (χ0n) is 14.0. The van der Waals surface area contributed by atoms with E-state index in [0.29, 0.717) is 17.6 Å². The summed E-state index contributed by atoms with van der Waals surface area (Å²) in [5, 5.41) is 3.94. The van der Waals surface area contributed by atoms with Gasteiger partial charge in [0, 0.05) is 24.1 Å². The van der Waals surface area contributed by atoms with Crippen LogP contribution in [0.1, 0.15) is 59.8 Å². The molecule has 1 saturated carbocycles. The van der Waals surface area contributed by atoms with E-state index in [1.807, 2.05) is 0 Å². The van der Waals surface area contributed by atoms with Crippen LogP contribution in [0.3, 0.4) is 0 Å². The first kappa shape index (κ1) is 16.3. The van der Waals surface area contributed by atoms with E-state index in [4.69, 9.17) is 4.74 Å². The van der Waals surface area contributed by atoms with Crippen molar-refractivity contribution < 1.29 is 4.74 Å². The molecule has 1 aliphatic heterocycles. The third kappa shape index (κ3) is 3.37. The molecule has 2 fully saturated rings. The molecule has 1 aliphatic carbocycles. The van der Waals surface area contributed by atoms with Gasteiger partial charge in [-0.3, -0.25) is 0 Å². The second kappa shape index (κ2) is 7.24. The summed E-state index contributed by atoms with van der Waals surface area (Å²) in [5.74, 6) is 0. The largest absolute Gasteiger partial charge is 0.378 e. The molecule has 3 atom stereocenters. The quantitative estimate of drug-likeness (QED) is 0.777. The van der Waals surface area contributed by atoms with E-state index < -0.39 is 0 Å². The van der Waals surface area contributed by atoms with Gasteiger partial charge in [-0.25, -0.2) is 0 Å². The summed E-state index contributed by atoms with van der Waals surface area (Å²) >= 11 is 0. The minimum Gasteiger partial charge on any atom is -0.378 e. The number of ether oxygens (including phenoxy) is 1. The van der Waals surface area contributed by atoms with Crippen molar-refractivity contribution in [1.29, 1.82) is 0 Å². The Morgan fingerprint density at radius 2 is 1.90 bits per heavy atom. The van der Waals surface area contributed by atoms with Gasteiger partial charge in [-0.1, -0.05) is 20.8 Å². The maximum absolute atomic E-state index is 5.90. The van der Waals surface area contributed by atoms with Crippen LogP contribution >= 0.6 is 0 Å². The van der Waals surface area contributed by atoms with Gasteiger partial charge in [0.05, 0.1) is 6.10 Å². The SMILES string of the molecule is CCCN1CCC(NC2CC(OCC)C2(C)CC)CC1. The molecule has 1 heterocycles. The van der Waals surface area contributed by atoms with E-state index in [0.717, 1.165) is 12.6 Å². The molecule has 0 amide bonds. The molecule has 3 heteroatoms. The third-order valence-electron chi connectivity index (χ3n) is 5.68. The average Bonchev–Trinajstić information content (AvgIpc) is 2.47. The zero-order valence-corrected chi connectivity index (χ0v) is 14.0. The van der Waals surface area contributed by atoms with Gasteiger partial charge in [0.25, 0.3) is 0 Å². The van der Waals surface area contributed by atoms with E-state index in [9.17, 15) is 0 Å². The Morgan fingerprint density at radius 1 is 1.20 bits per heavy atom. The van der Waals surface area contributed by atoms with Crippen molar-refractivity contribution in [3.63, 3.8) is 0 Å². The summed E-state index contributed by atoms with van der Waals surface area (Å²) in [7, 11) is 0. The molecule has 0 aromatic carbocycles. The zero-order chi connectivity index (χ0) is 14.6. The van der Waals surface area contributed by atoms with Gasteiger partial charge in [-0.2, -0.15) is 0 Å². The highest BCUT2D eigenvalue weighted by Gasteiger charge is 2.51. The Hall–Kier alpha value is -0.120. The molecule has 2 rings (SSSR count). The van der Waals surface area contributed by atoms with Gasteiger partial charge >= 0.3 is 0 Å². The van der Waals surface area contributed by atoms with Crippen molar-refractivity contribution in [2.45, 2.75) is 78.0 Å². The van der Waals surface area contributed by atoms with Crippen LogP contribution in [0.5, 0.6) is 0 Å². The topological polar surface area (TPSA) is 24.5 Å². The highest BCUT2D eigenvalue weighted by Crippen LogP contribution is 2.46. The van der Waals surface area contributed by atoms with Crippen LogP contribution < -0.4 is 5.32 Å². The van der Waals surface area contributed by atoms with Crippen LogP contribution in [0, 0.1) is 5.41 Å². The van der Waals surface area contributed by atoms with Crippen molar-refractivity contribution >= 4 is 0 Å². The van der Waals surface area contributed by atoms with Gasteiger partial charge < -0.3 is 15.0 Å². The molecule has 2 aliphatic rings. The maximum atomic E-state index is 5.90. The van der Waals surface area contributed by atoms with Crippen LogP contribution in [-0.2, 0) is 4.74 Å². The lowest BCUT2D eigenvalue weighted by Crippen LogP contribution is -2.64. The molecule has 20 heavy (non-hydrogen) atoms. The monoisotopic (exact) mass is 282 g/mol. The van der Waals surface area contributed by atoms with Crippen LogP contribution in [-0.4, -0.2) is 49.3 Å². The number of piperidine rings is 1. The predicted octanol–water partition coefficient (Wildman–Crippen LogP) is 3.04. The van der Waals surface area contributed by atoms with Gasteiger partial charge in [0.2, 0.25) is 0 Å². The molecular formula is C17H34N2O. The van der Waals surface area contributed by atoms with Crippen LogP contribution in [0.2, 0.25) is 0 Å². The number of nitrogens with one attached hydrogen (secondary N) is 1. The van der Waals surface area contributed by atoms with Crippen molar-refractivity contribution in [2.24, 2.45) is 5.41 Å². The molecule has 3 nitrogen and oxygen atoms in total. The van der Waals surface area contributed by atoms with Gasteiger partial charge in [0.1, 0.15) is 0 Å². The van der Waals surface area contributed by atoms with E-state index in [1.54, 1.807) is 0 Å². The van der Waals surface area contributed by atoms with Crippen molar-refractivity contribution in [2.75, 3.05) is 26.2 Å². The molecule has 0 bridgehead atoms. The first-order valence-corrected chi connectivity index (χ1v) is 8.74. The van der Waals surface area contributed by atoms with E-state index in [1.165, 1.54) is 51.7 Å². The molecule has 1 N–H and O–H groups in total. The third-order valence-corrected chi connectivity index (χ3v) is 5.68. The Balaban J connectivity index is 1.77. The summed E-state index contributed by atoms with van der Waals surface area (Å²) in [5.41, 5.74) is 0.344. The number of hydrogen-bond donors (Lipinski definition) is 1. The normalized spacial score (nSPS) is 36.0. The Morgan fingerprint density at radius 3 is 2.45 bits per heavy atom. The highest BCUT2D eigenvalue weighted by atomic mass is 16.5. The molecule has 1 saturated heterocycles. The van der Waals surface area contributed by atoms with Crippen LogP contribution in [0.25, 0.3) is 0 Å². The second-order valence-corrected chi connectivity index (χ2v) is 6.87. The smallest absolute Gasteiger partial charge is 0.0658 e. The number of likely N-dealkylation sites (tertiary alicyclic amines) is 1. The lowest BCUT2D eigenvalue weighted by Gasteiger charge is -2.55. The van der Waals surface area contributed by atoms with Gasteiger partial charge in [0.15, 0.2) is 0 Å². The lowest BCUT2D eigenvalue weighted by atomic mass is 9.61. The number of nitrogens with zero attached hydrogens (tertiary/aromatic N) is 1. The number of rotatable bonds is 7.